The lowest BCUT2D eigenvalue weighted by Gasteiger charge is -2.15. The summed E-state index contributed by atoms with van der Waals surface area (Å²) in [6.07, 6.45) is 0.455. The molecule has 1 aliphatic heterocycles. The van der Waals surface area contributed by atoms with E-state index in [9.17, 15) is 17.6 Å². The summed E-state index contributed by atoms with van der Waals surface area (Å²) in [7, 11) is -3.10. The van der Waals surface area contributed by atoms with Crippen molar-refractivity contribution in [3.8, 4) is 5.75 Å². The predicted molar refractivity (Wildman–Crippen MR) is 104 cm³/mol. The molecule has 1 atom stereocenters. The van der Waals surface area contributed by atoms with Gasteiger partial charge in [0.15, 0.2) is 16.4 Å². The van der Waals surface area contributed by atoms with Gasteiger partial charge in [-0.3, -0.25) is 4.79 Å². The van der Waals surface area contributed by atoms with E-state index in [1.807, 2.05) is 20.8 Å². The lowest BCUT2D eigenvalue weighted by atomic mass is 9.92. The van der Waals surface area contributed by atoms with Crippen molar-refractivity contribution in [2.75, 3.05) is 23.4 Å². The molecule has 1 aromatic carbocycles. The van der Waals surface area contributed by atoms with Crippen molar-refractivity contribution in [2.45, 2.75) is 38.6 Å². The van der Waals surface area contributed by atoms with Crippen molar-refractivity contribution in [3.63, 3.8) is 0 Å². The molecule has 2 heterocycles. The van der Waals surface area contributed by atoms with Crippen LogP contribution in [0.25, 0.3) is 0 Å². The van der Waals surface area contributed by atoms with E-state index < -0.39 is 21.6 Å². The van der Waals surface area contributed by atoms with E-state index in [4.69, 9.17) is 4.74 Å². The van der Waals surface area contributed by atoms with Gasteiger partial charge >= 0.3 is 0 Å². The van der Waals surface area contributed by atoms with Gasteiger partial charge in [0, 0.05) is 17.5 Å². The fourth-order valence-corrected chi connectivity index (χ4v) is 4.68. The number of carbonyl (C=O) groups excluding carboxylic acids is 1. The summed E-state index contributed by atoms with van der Waals surface area (Å²) in [5, 5.41) is 7.30. The Morgan fingerprint density at radius 1 is 1.36 bits per heavy atom. The summed E-state index contributed by atoms with van der Waals surface area (Å²) in [6.45, 7) is 5.67. The number of benzene rings is 1. The zero-order valence-electron chi connectivity index (χ0n) is 16.1. The Labute approximate surface area is 163 Å². The largest absolute Gasteiger partial charge is 0.484 e. The molecule has 152 valence electrons. The number of hydrogen-bond acceptors (Lipinski definition) is 5. The topological polar surface area (TPSA) is 90.3 Å². The van der Waals surface area contributed by atoms with Crippen molar-refractivity contribution >= 4 is 21.6 Å². The van der Waals surface area contributed by atoms with E-state index in [1.165, 1.54) is 18.2 Å². The highest BCUT2D eigenvalue weighted by atomic mass is 32.2. The Morgan fingerprint density at radius 3 is 2.71 bits per heavy atom. The number of aromatic nitrogens is 2. The fourth-order valence-electron chi connectivity index (χ4n) is 2.99. The number of nitrogens with one attached hydrogen (secondary N) is 1. The van der Waals surface area contributed by atoms with Crippen LogP contribution in [0.1, 0.15) is 38.9 Å². The third-order valence-electron chi connectivity index (χ3n) is 4.49. The average Bonchev–Trinajstić information content (AvgIpc) is 3.16. The lowest BCUT2D eigenvalue weighted by Crippen LogP contribution is -2.24. The summed E-state index contributed by atoms with van der Waals surface area (Å²) in [5.41, 5.74) is 0.485. The maximum atomic E-state index is 13.2. The molecule has 0 aliphatic carbocycles. The first-order chi connectivity index (χ1) is 13.0. The summed E-state index contributed by atoms with van der Waals surface area (Å²) in [5.74, 6) is -0.0971. The number of nitrogens with zero attached hydrogens (tertiary/aromatic N) is 2. The number of rotatable bonds is 5. The maximum Gasteiger partial charge on any atom is 0.263 e. The second kappa shape index (κ2) is 7.54. The number of sulfone groups is 1. The van der Waals surface area contributed by atoms with Crippen molar-refractivity contribution < 1.29 is 22.3 Å². The zero-order chi connectivity index (χ0) is 20.5. The molecule has 2 aromatic rings. The van der Waals surface area contributed by atoms with Crippen molar-refractivity contribution in [1.29, 1.82) is 0 Å². The summed E-state index contributed by atoms with van der Waals surface area (Å²) >= 11 is 0. The molecule has 0 saturated carbocycles. The summed E-state index contributed by atoms with van der Waals surface area (Å²) < 4.78 is 43.8. The van der Waals surface area contributed by atoms with Crippen LogP contribution in [0, 0.1) is 5.82 Å². The van der Waals surface area contributed by atoms with Crippen molar-refractivity contribution in [3.05, 3.63) is 41.8 Å². The first-order valence-electron chi connectivity index (χ1n) is 9.02. The van der Waals surface area contributed by atoms with E-state index in [0.717, 1.165) is 5.69 Å². The van der Waals surface area contributed by atoms with Crippen molar-refractivity contribution in [2.24, 2.45) is 0 Å². The van der Waals surface area contributed by atoms with Crippen LogP contribution in [-0.4, -0.2) is 42.2 Å². The minimum absolute atomic E-state index is 0.000918. The minimum atomic E-state index is -3.10. The Kier molecular flexibility index (Phi) is 5.47. The molecule has 1 fully saturated rings. The molecule has 3 rings (SSSR count). The lowest BCUT2D eigenvalue weighted by molar-refractivity contribution is -0.118. The Hall–Kier alpha value is -2.42. The fraction of sp³-hybridized carbons (Fsp3) is 0.474. The normalized spacial score (nSPS) is 18.8. The second-order valence-electron chi connectivity index (χ2n) is 7.96. The quantitative estimate of drug-likeness (QED) is 0.820. The molecule has 0 bridgehead atoms. The average molecular weight is 409 g/mol. The SMILES string of the molecule is CC(C)(C)c1cc(NC(=O)COc2cccc(F)c2)n([C@@H]2CCS(=O)(=O)C2)n1. The van der Waals surface area contributed by atoms with Crippen LogP contribution in [0.4, 0.5) is 10.2 Å². The van der Waals surface area contributed by atoms with Crippen LogP contribution in [0.5, 0.6) is 5.75 Å². The van der Waals surface area contributed by atoms with E-state index in [2.05, 4.69) is 10.4 Å². The molecule has 1 saturated heterocycles. The Bertz CT molecular complexity index is 979. The molecular formula is C19H24FN3O4S. The van der Waals surface area contributed by atoms with E-state index in [-0.39, 0.29) is 35.3 Å². The standard InChI is InChI=1S/C19H24FN3O4S/c1-19(2,3)16-10-17(23(22-16)14-7-8-28(25,26)12-14)21-18(24)11-27-15-6-4-5-13(20)9-15/h4-6,9-10,14H,7-8,11-12H2,1-3H3,(H,21,24)/t14-/m1/s1. The number of halogens is 1. The van der Waals surface area contributed by atoms with Gasteiger partial charge in [0.2, 0.25) is 0 Å². The van der Waals surface area contributed by atoms with Gasteiger partial charge in [-0.05, 0) is 18.6 Å². The van der Waals surface area contributed by atoms with Gasteiger partial charge in [-0.25, -0.2) is 17.5 Å². The second-order valence-corrected chi connectivity index (χ2v) is 10.2. The first kappa shape index (κ1) is 20.3. The van der Waals surface area contributed by atoms with Crippen LogP contribution < -0.4 is 10.1 Å². The first-order valence-corrected chi connectivity index (χ1v) is 10.8. The molecule has 0 spiro atoms. The van der Waals surface area contributed by atoms with E-state index >= 15 is 0 Å². The van der Waals surface area contributed by atoms with Crippen LogP contribution >= 0.6 is 0 Å². The predicted octanol–water partition coefficient (Wildman–Crippen LogP) is 2.70. The third kappa shape index (κ3) is 4.89. The molecule has 7 nitrogen and oxygen atoms in total. The van der Waals surface area contributed by atoms with Gasteiger partial charge in [-0.1, -0.05) is 26.8 Å². The molecule has 28 heavy (non-hydrogen) atoms. The molecule has 1 aromatic heterocycles. The van der Waals surface area contributed by atoms with Crippen molar-refractivity contribution in [1.82, 2.24) is 9.78 Å². The molecule has 1 N–H and O–H groups in total. The van der Waals surface area contributed by atoms with Gasteiger partial charge in [0.05, 0.1) is 23.2 Å². The highest BCUT2D eigenvalue weighted by Crippen LogP contribution is 2.30. The van der Waals surface area contributed by atoms with Gasteiger partial charge in [-0.2, -0.15) is 5.10 Å². The zero-order valence-corrected chi connectivity index (χ0v) is 16.9. The smallest absolute Gasteiger partial charge is 0.263 e. The van der Waals surface area contributed by atoms with E-state index in [0.29, 0.717) is 12.2 Å². The van der Waals surface area contributed by atoms with E-state index in [1.54, 1.807) is 16.8 Å². The Balaban J connectivity index is 1.76. The number of ether oxygens (including phenoxy) is 1. The molecular weight excluding hydrogens is 385 g/mol. The number of amides is 1. The highest BCUT2D eigenvalue weighted by molar-refractivity contribution is 7.91. The maximum absolute atomic E-state index is 13.2. The molecule has 1 aliphatic rings. The Morgan fingerprint density at radius 2 is 2.11 bits per heavy atom. The highest BCUT2D eigenvalue weighted by Gasteiger charge is 2.32. The number of carbonyl (C=O) groups is 1. The van der Waals surface area contributed by atoms with Crippen LogP contribution in [0.2, 0.25) is 0 Å². The van der Waals surface area contributed by atoms with Crippen LogP contribution in [-0.2, 0) is 20.0 Å². The molecule has 9 heteroatoms. The third-order valence-corrected chi connectivity index (χ3v) is 6.24. The minimum Gasteiger partial charge on any atom is -0.484 e. The summed E-state index contributed by atoms with van der Waals surface area (Å²) in [6, 6.07) is 6.97. The van der Waals surface area contributed by atoms with Gasteiger partial charge in [0.25, 0.3) is 5.91 Å². The van der Waals surface area contributed by atoms with Gasteiger partial charge < -0.3 is 10.1 Å². The molecule has 1 amide bonds. The number of hydrogen-bond donors (Lipinski definition) is 1. The summed E-state index contributed by atoms with van der Waals surface area (Å²) in [4.78, 5) is 12.3. The van der Waals surface area contributed by atoms with Gasteiger partial charge in [-0.15, -0.1) is 0 Å². The number of anilines is 1. The molecule has 0 radical (unpaired) electrons. The molecule has 0 unspecified atom stereocenters. The monoisotopic (exact) mass is 409 g/mol. The van der Waals surface area contributed by atoms with Crippen LogP contribution in [0.15, 0.2) is 30.3 Å². The van der Waals surface area contributed by atoms with Crippen LogP contribution in [0.3, 0.4) is 0 Å². The van der Waals surface area contributed by atoms with Gasteiger partial charge in [0.1, 0.15) is 17.4 Å².